The molecule has 0 aliphatic heterocycles. The number of aliphatic carboxylic acids is 2. The van der Waals surface area contributed by atoms with Crippen LogP contribution in [-0.2, 0) is 16.0 Å². The lowest BCUT2D eigenvalue weighted by molar-refractivity contribution is -0.166. The Morgan fingerprint density at radius 2 is 1.56 bits per heavy atom. The summed E-state index contributed by atoms with van der Waals surface area (Å²) in [6.07, 6.45) is -1.22. The minimum atomic E-state index is -3.66. The minimum Gasteiger partial charge on any atom is -0.478 e. The molecule has 1 aromatic carbocycles. The van der Waals surface area contributed by atoms with Gasteiger partial charge in [0.15, 0.2) is 0 Å². The summed E-state index contributed by atoms with van der Waals surface area (Å²) in [5.41, 5.74) is -4.13. The highest BCUT2D eigenvalue weighted by molar-refractivity contribution is 6.30. The normalized spacial score (nSPS) is 11.3. The SMILES string of the molecule is O=C(O)C(F)(Cc1cc(F)c(Cl)c(F)c1)C(=O)O. The molecule has 0 saturated heterocycles. The zero-order valence-corrected chi connectivity index (χ0v) is 9.34. The molecule has 2 N–H and O–H groups in total. The quantitative estimate of drug-likeness (QED) is 0.654. The van der Waals surface area contributed by atoms with Crippen molar-refractivity contribution in [3.05, 3.63) is 34.4 Å². The van der Waals surface area contributed by atoms with Crippen LogP contribution in [0.15, 0.2) is 12.1 Å². The van der Waals surface area contributed by atoms with Crippen LogP contribution < -0.4 is 0 Å². The summed E-state index contributed by atoms with van der Waals surface area (Å²) in [6.45, 7) is 0. The molecule has 0 amide bonds. The van der Waals surface area contributed by atoms with E-state index in [0.29, 0.717) is 12.1 Å². The number of carboxylic acids is 2. The van der Waals surface area contributed by atoms with Gasteiger partial charge in [-0.3, -0.25) is 0 Å². The highest BCUT2D eigenvalue weighted by Crippen LogP contribution is 2.25. The van der Waals surface area contributed by atoms with Crippen LogP contribution in [0.25, 0.3) is 0 Å². The van der Waals surface area contributed by atoms with Crippen molar-refractivity contribution in [3.8, 4) is 0 Å². The van der Waals surface area contributed by atoms with Gasteiger partial charge in [0.05, 0.1) is 0 Å². The lowest BCUT2D eigenvalue weighted by atomic mass is 9.96. The van der Waals surface area contributed by atoms with Crippen LogP contribution in [-0.4, -0.2) is 27.8 Å². The van der Waals surface area contributed by atoms with Crippen LogP contribution in [0.4, 0.5) is 13.2 Å². The standard InChI is InChI=1S/C10H6ClF3O4/c11-7-5(12)1-4(2-6(7)13)3-10(14,8(15)16)9(17)18/h1-2H,3H2,(H,15,16)(H,17,18). The molecule has 0 fully saturated rings. The minimum absolute atomic E-state index is 0.471. The van der Waals surface area contributed by atoms with E-state index in [4.69, 9.17) is 21.8 Å². The smallest absolute Gasteiger partial charge is 0.353 e. The Hall–Kier alpha value is -1.76. The van der Waals surface area contributed by atoms with E-state index in [1.807, 2.05) is 0 Å². The third-order valence-electron chi connectivity index (χ3n) is 2.17. The van der Waals surface area contributed by atoms with Gasteiger partial charge in [-0.2, -0.15) is 0 Å². The van der Waals surface area contributed by atoms with Crippen molar-refractivity contribution >= 4 is 23.5 Å². The number of carboxylic acid groups (broad SMARTS) is 2. The van der Waals surface area contributed by atoms with E-state index in [2.05, 4.69) is 0 Å². The summed E-state index contributed by atoms with van der Waals surface area (Å²) in [5, 5.41) is 16.1. The van der Waals surface area contributed by atoms with Crippen LogP contribution in [0.3, 0.4) is 0 Å². The molecule has 0 aromatic heterocycles. The average Bonchev–Trinajstić information content (AvgIpc) is 2.25. The van der Waals surface area contributed by atoms with Crippen molar-refractivity contribution in [1.82, 2.24) is 0 Å². The molecule has 1 rings (SSSR count). The van der Waals surface area contributed by atoms with Crippen molar-refractivity contribution in [3.63, 3.8) is 0 Å². The van der Waals surface area contributed by atoms with Gasteiger partial charge in [0.2, 0.25) is 0 Å². The first-order chi connectivity index (χ1) is 8.18. The Morgan fingerprint density at radius 3 is 1.89 bits per heavy atom. The topological polar surface area (TPSA) is 74.6 Å². The van der Waals surface area contributed by atoms with Gasteiger partial charge in [-0.05, 0) is 17.7 Å². The second-order valence-electron chi connectivity index (χ2n) is 3.46. The van der Waals surface area contributed by atoms with Crippen LogP contribution in [0.2, 0.25) is 5.02 Å². The van der Waals surface area contributed by atoms with Gasteiger partial charge < -0.3 is 10.2 Å². The predicted molar refractivity (Wildman–Crippen MR) is 54.2 cm³/mol. The van der Waals surface area contributed by atoms with Crippen LogP contribution in [0.5, 0.6) is 0 Å². The molecular weight excluding hydrogens is 277 g/mol. The van der Waals surface area contributed by atoms with Gasteiger partial charge in [0.25, 0.3) is 0 Å². The van der Waals surface area contributed by atoms with Gasteiger partial charge in [-0.1, -0.05) is 11.6 Å². The summed E-state index contributed by atoms with van der Waals surface area (Å²) in [7, 11) is 0. The fourth-order valence-corrected chi connectivity index (χ4v) is 1.34. The van der Waals surface area contributed by atoms with Crippen molar-refractivity contribution in [2.24, 2.45) is 0 Å². The number of halogens is 4. The lowest BCUT2D eigenvalue weighted by Gasteiger charge is -2.15. The average molecular weight is 283 g/mol. The van der Waals surface area contributed by atoms with E-state index in [-0.39, 0.29) is 0 Å². The molecule has 0 saturated carbocycles. The number of alkyl halides is 1. The Labute approximate surface area is 104 Å². The Balaban J connectivity index is 3.18. The largest absolute Gasteiger partial charge is 0.478 e. The van der Waals surface area contributed by atoms with E-state index in [0.717, 1.165) is 0 Å². The van der Waals surface area contributed by atoms with E-state index < -0.39 is 46.2 Å². The summed E-state index contributed by atoms with van der Waals surface area (Å²) >= 11 is 5.17. The Bertz CT molecular complexity index is 481. The van der Waals surface area contributed by atoms with E-state index in [1.165, 1.54) is 0 Å². The van der Waals surface area contributed by atoms with Crippen molar-refractivity contribution in [2.45, 2.75) is 12.1 Å². The van der Waals surface area contributed by atoms with Crippen LogP contribution in [0.1, 0.15) is 5.56 Å². The van der Waals surface area contributed by atoms with Crippen molar-refractivity contribution in [1.29, 1.82) is 0 Å². The fourth-order valence-electron chi connectivity index (χ4n) is 1.23. The lowest BCUT2D eigenvalue weighted by Crippen LogP contribution is -2.44. The first kappa shape index (κ1) is 14.3. The summed E-state index contributed by atoms with van der Waals surface area (Å²) in [6, 6.07) is 1.15. The zero-order valence-electron chi connectivity index (χ0n) is 8.58. The summed E-state index contributed by atoms with van der Waals surface area (Å²) < 4.78 is 39.7. The van der Waals surface area contributed by atoms with Gasteiger partial charge in [0, 0.05) is 6.42 Å². The van der Waals surface area contributed by atoms with Crippen LogP contribution >= 0.6 is 11.6 Å². The van der Waals surface area contributed by atoms with Crippen molar-refractivity contribution < 1.29 is 33.0 Å². The maximum Gasteiger partial charge on any atom is 0.353 e. The molecule has 0 unspecified atom stereocenters. The number of carbonyl (C=O) groups is 2. The predicted octanol–water partition coefficient (Wildman–Crippen LogP) is 2.04. The molecule has 0 aliphatic carbocycles. The molecule has 0 aliphatic rings. The van der Waals surface area contributed by atoms with Gasteiger partial charge in [0.1, 0.15) is 16.7 Å². The molecule has 8 heteroatoms. The van der Waals surface area contributed by atoms with Crippen molar-refractivity contribution in [2.75, 3.05) is 0 Å². The van der Waals surface area contributed by atoms with E-state index >= 15 is 0 Å². The fraction of sp³-hybridized carbons (Fsp3) is 0.200. The van der Waals surface area contributed by atoms with E-state index in [1.54, 1.807) is 0 Å². The molecule has 0 bridgehead atoms. The molecule has 4 nitrogen and oxygen atoms in total. The second kappa shape index (κ2) is 4.85. The van der Waals surface area contributed by atoms with Gasteiger partial charge in [-0.15, -0.1) is 0 Å². The Kier molecular flexibility index (Phi) is 3.85. The number of hydrogen-bond acceptors (Lipinski definition) is 2. The molecule has 18 heavy (non-hydrogen) atoms. The third-order valence-corrected chi connectivity index (χ3v) is 2.53. The zero-order chi connectivity index (χ0) is 14.1. The number of rotatable bonds is 4. The monoisotopic (exact) mass is 282 g/mol. The second-order valence-corrected chi connectivity index (χ2v) is 3.84. The Morgan fingerprint density at radius 1 is 1.17 bits per heavy atom. The van der Waals surface area contributed by atoms with Crippen LogP contribution in [0, 0.1) is 11.6 Å². The highest BCUT2D eigenvalue weighted by atomic mass is 35.5. The molecular formula is C10H6ClF3O4. The number of hydrogen-bond donors (Lipinski definition) is 2. The highest BCUT2D eigenvalue weighted by Gasteiger charge is 2.47. The molecule has 0 spiro atoms. The first-order valence-corrected chi connectivity index (χ1v) is 4.85. The maximum absolute atomic E-state index is 13.6. The van der Waals surface area contributed by atoms with E-state index in [9.17, 15) is 22.8 Å². The molecule has 0 radical (unpaired) electrons. The summed E-state index contributed by atoms with van der Waals surface area (Å²) in [4.78, 5) is 21.1. The van der Waals surface area contributed by atoms with Gasteiger partial charge in [-0.25, -0.2) is 22.8 Å². The molecule has 0 heterocycles. The van der Waals surface area contributed by atoms with Gasteiger partial charge >= 0.3 is 17.6 Å². The summed E-state index contributed by atoms with van der Waals surface area (Å²) in [5.74, 6) is -6.98. The molecule has 98 valence electrons. The molecule has 1 aromatic rings. The molecule has 0 atom stereocenters. The third kappa shape index (κ3) is 2.56. The first-order valence-electron chi connectivity index (χ1n) is 4.47. The number of benzene rings is 1. The maximum atomic E-state index is 13.6.